The molecule has 0 amide bonds. The van der Waals surface area contributed by atoms with Crippen LogP contribution in [0.1, 0.15) is 52.9 Å². The number of ether oxygens (including phenoxy) is 3. The second-order valence-electron chi connectivity index (χ2n) is 10.9. The van der Waals surface area contributed by atoms with Crippen LogP contribution < -0.4 is 0 Å². The lowest BCUT2D eigenvalue weighted by Gasteiger charge is -2.74. The lowest BCUT2D eigenvalue weighted by atomic mass is 9.36. The topological polar surface area (TPSA) is 119 Å². The first-order chi connectivity index (χ1) is 14.9. The van der Waals surface area contributed by atoms with Crippen molar-refractivity contribution < 1.29 is 38.8 Å². The lowest BCUT2D eigenvalue weighted by Crippen LogP contribution is -2.84. The second-order valence-corrected chi connectivity index (χ2v) is 10.9. The van der Waals surface area contributed by atoms with Crippen molar-refractivity contribution in [2.45, 2.75) is 70.9 Å². The molecule has 9 atom stereocenters. The molecule has 0 unspecified atom stereocenters. The van der Waals surface area contributed by atoms with Gasteiger partial charge in [0.2, 0.25) is 5.79 Å². The van der Waals surface area contributed by atoms with Gasteiger partial charge < -0.3 is 24.4 Å². The van der Waals surface area contributed by atoms with E-state index >= 15 is 0 Å². The zero-order valence-electron chi connectivity index (χ0n) is 18.9. The number of Topliss-reactive ketones (excluding diaryl/α,β-unsaturated/α-hetero) is 1. The van der Waals surface area contributed by atoms with Gasteiger partial charge in [-0.1, -0.05) is 13.5 Å². The number of carbonyl (C=O) groups is 3. The number of ketones is 1. The Morgan fingerprint density at radius 3 is 2.59 bits per heavy atom. The third-order valence-electron chi connectivity index (χ3n) is 9.52. The Kier molecular flexibility index (Phi) is 4.57. The van der Waals surface area contributed by atoms with E-state index in [2.05, 4.69) is 6.58 Å². The molecule has 2 N–H and O–H groups in total. The van der Waals surface area contributed by atoms with Crippen LogP contribution >= 0.6 is 0 Å². The van der Waals surface area contributed by atoms with Gasteiger partial charge in [0.05, 0.1) is 18.6 Å². The van der Waals surface area contributed by atoms with Crippen molar-refractivity contribution in [2.75, 3.05) is 13.2 Å². The highest BCUT2D eigenvalue weighted by Crippen LogP contribution is 2.76. The fourth-order valence-corrected chi connectivity index (χ4v) is 8.42. The first-order valence-corrected chi connectivity index (χ1v) is 11.5. The van der Waals surface area contributed by atoms with Gasteiger partial charge in [-0.2, -0.15) is 0 Å². The van der Waals surface area contributed by atoms with E-state index in [1.54, 1.807) is 0 Å². The quantitative estimate of drug-likeness (QED) is 0.493. The minimum Gasteiger partial charge on any atom is -0.465 e. The summed E-state index contributed by atoms with van der Waals surface area (Å²) in [6.07, 6.45) is 0.825. The predicted molar refractivity (Wildman–Crippen MR) is 110 cm³/mol. The van der Waals surface area contributed by atoms with Gasteiger partial charge in [0.15, 0.2) is 5.78 Å². The molecule has 6 fully saturated rings. The number of allylic oxidation sites excluding steroid dienone is 1. The summed E-state index contributed by atoms with van der Waals surface area (Å²) in [5, 5.41) is 23.6. The number of fused-ring (bicyclic) bond motifs is 2. The second kappa shape index (κ2) is 6.64. The lowest BCUT2D eigenvalue weighted by molar-refractivity contribution is -0.450. The Bertz CT molecular complexity index is 914. The first kappa shape index (κ1) is 22.0. The molecule has 0 aromatic carbocycles. The molecule has 176 valence electrons. The average Bonchev–Trinajstić information content (AvgIpc) is 2.92. The minimum atomic E-state index is -2.06. The molecule has 4 bridgehead atoms. The van der Waals surface area contributed by atoms with E-state index in [0.717, 1.165) is 6.42 Å². The monoisotopic (exact) mass is 448 g/mol. The molecule has 8 heteroatoms. The van der Waals surface area contributed by atoms with E-state index in [4.69, 9.17) is 14.2 Å². The zero-order valence-corrected chi connectivity index (χ0v) is 18.9. The van der Waals surface area contributed by atoms with Crippen LogP contribution in [0.2, 0.25) is 0 Å². The molecule has 2 aliphatic heterocycles. The highest BCUT2D eigenvalue weighted by molar-refractivity contribution is 6.04. The molecule has 2 spiro atoms. The summed E-state index contributed by atoms with van der Waals surface area (Å²) in [5.74, 6) is -4.13. The van der Waals surface area contributed by atoms with E-state index in [9.17, 15) is 24.6 Å². The fraction of sp³-hybridized carbons (Fsp3) is 0.792. The summed E-state index contributed by atoms with van der Waals surface area (Å²) in [6, 6.07) is 0. The molecule has 2 heterocycles. The molecule has 0 radical (unpaired) electrons. The minimum absolute atomic E-state index is 0.0454. The summed E-state index contributed by atoms with van der Waals surface area (Å²) in [5.41, 5.74) is -2.39. The van der Waals surface area contributed by atoms with Gasteiger partial charge in [0, 0.05) is 30.6 Å². The van der Waals surface area contributed by atoms with Crippen molar-refractivity contribution >= 4 is 17.7 Å². The van der Waals surface area contributed by atoms with Crippen molar-refractivity contribution in [3.63, 3.8) is 0 Å². The maximum Gasteiger partial charge on any atom is 0.302 e. The van der Waals surface area contributed by atoms with Crippen LogP contribution in [0.3, 0.4) is 0 Å². The summed E-state index contributed by atoms with van der Waals surface area (Å²) < 4.78 is 17.3. The zero-order chi connectivity index (χ0) is 23.3. The van der Waals surface area contributed by atoms with Gasteiger partial charge in [-0.3, -0.25) is 14.4 Å². The first-order valence-electron chi connectivity index (χ1n) is 11.5. The van der Waals surface area contributed by atoms with Crippen LogP contribution in [0.5, 0.6) is 0 Å². The fourth-order valence-electron chi connectivity index (χ4n) is 8.42. The maximum atomic E-state index is 13.6. The molecule has 4 aliphatic carbocycles. The molecule has 8 nitrogen and oxygen atoms in total. The molecule has 0 aromatic heterocycles. The van der Waals surface area contributed by atoms with Crippen LogP contribution in [0.15, 0.2) is 12.2 Å². The number of carbonyl (C=O) groups excluding carboxylic acids is 3. The van der Waals surface area contributed by atoms with Gasteiger partial charge in [-0.15, -0.1) is 0 Å². The summed E-state index contributed by atoms with van der Waals surface area (Å²) >= 11 is 0. The Balaban J connectivity index is 1.70. The standard InChI is InChI=1S/C24H32O8/c1-12-15-5-6-16-22-11-31-24(29,23(16,9-15)19(12)27)20(28)18(22)21(4,10-30-13(2)25)8-7-17(22)32-14(3)26/h15-18,20,28-29H,1,5-11H2,2-4H3/t15-,16-,17-,18+,20-,21-,22+,23-,24-/m0/s1. The number of hydrogen-bond acceptors (Lipinski definition) is 8. The SMILES string of the molecule is C=C1C(=O)[C@]23C[C@@H]1CC[C@H]2[C@@]12CO[C@@]3(O)[C@@H](O)[C@@H]1[C@](C)(COC(C)=O)CC[C@@H]2OC(C)=O. The van der Waals surface area contributed by atoms with Gasteiger partial charge in [0.1, 0.15) is 12.2 Å². The number of aliphatic hydroxyl groups is 2. The molecular weight excluding hydrogens is 416 g/mol. The van der Waals surface area contributed by atoms with Gasteiger partial charge in [-0.05, 0) is 49.5 Å². The molecule has 6 aliphatic rings. The summed E-state index contributed by atoms with van der Waals surface area (Å²) in [7, 11) is 0. The third kappa shape index (κ3) is 2.36. The van der Waals surface area contributed by atoms with E-state index in [1.807, 2.05) is 6.92 Å². The highest BCUT2D eigenvalue weighted by Gasteiger charge is 2.85. The average molecular weight is 449 g/mol. The van der Waals surface area contributed by atoms with Crippen LogP contribution in [-0.2, 0) is 28.6 Å². The molecule has 32 heavy (non-hydrogen) atoms. The highest BCUT2D eigenvalue weighted by atomic mass is 16.6. The van der Waals surface area contributed by atoms with E-state index in [1.165, 1.54) is 13.8 Å². The largest absolute Gasteiger partial charge is 0.465 e. The van der Waals surface area contributed by atoms with Crippen LogP contribution in [0, 0.1) is 34.0 Å². The van der Waals surface area contributed by atoms with Gasteiger partial charge >= 0.3 is 11.9 Å². The Hall–Kier alpha value is -1.77. The van der Waals surface area contributed by atoms with Crippen LogP contribution in [0.4, 0.5) is 0 Å². The maximum absolute atomic E-state index is 13.6. The molecule has 0 aromatic rings. The van der Waals surface area contributed by atoms with Gasteiger partial charge in [-0.25, -0.2) is 0 Å². The third-order valence-corrected chi connectivity index (χ3v) is 9.52. The van der Waals surface area contributed by atoms with Crippen molar-refractivity contribution in [3.8, 4) is 0 Å². The van der Waals surface area contributed by atoms with Crippen molar-refractivity contribution in [1.29, 1.82) is 0 Å². The normalized spacial score (nSPS) is 51.1. The van der Waals surface area contributed by atoms with Crippen molar-refractivity contribution in [2.24, 2.45) is 34.0 Å². The van der Waals surface area contributed by atoms with Crippen molar-refractivity contribution in [3.05, 3.63) is 12.2 Å². The van der Waals surface area contributed by atoms with Crippen LogP contribution in [0.25, 0.3) is 0 Å². The molecular formula is C24H32O8. The van der Waals surface area contributed by atoms with E-state index in [0.29, 0.717) is 31.3 Å². The smallest absolute Gasteiger partial charge is 0.302 e. The van der Waals surface area contributed by atoms with E-state index in [-0.39, 0.29) is 30.8 Å². The molecule has 4 saturated carbocycles. The summed E-state index contributed by atoms with van der Waals surface area (Å²) in [4.78, 5) is 37.3. The molecule has 2 saturated heterocycles. The van der Waals surface area contributed by atoms with Gasteiger partial charge in [0.25, 0.3) is 0 Å². The Morgan fingerprint density at radius 2 is 1.94 bits per heavy atom. The predicted octanol–water partition coefficient (Wildman–Crippen LogP) is 1.52. The van der Waals surface area contributed by atoms with Crippen molar-refractivity contribution in [1.82, 2.24) is 0 Å². The Labute approximate surface area is 187 Å². The number of hydrogen-bond donors (Lipinski definition) is 2. The van der Waals surface area contributed by atoms with E-state index < -0.39 is 52.1 Å². The number of aliphatic hydroxyl groups excluding tert-OH is 1. The number of esters is 2. The summed E-state index contributed by atoms with van der Waals surface area (Å²) in [6.45, 7) is 8.77. The number of rotatable bonds is 3. The van der Waals surface area contributed by atoms with Crippen LogP contribution in [-0.4, -0.2) is 59.1 Å². The molecule has 6 rings (SSSR count). The Morgan fingerprint density at radius 1 is 1.22 bits per heavy atom.